The summed E-state index contributed by atoms with van der Waals surface area (Å²) in [6.07, 6.45) is 3.30. The summed E-state index contributed by atoms with van der Waals surface area (Å²) in [4.78, 5) is 18.0. The number of piperazine rings is 1. The fraction of sp³-hybridized carbons (Fsp3) is 0.500. The summed E-state index contributed by atoms with van der Waals surface area (Å²) in [6.45, 7) is 4.77. The van der Waals surface area contributed by atoms with Crippen molar-refractivity contribution < 1.29 is 4.79 Å². The van der Waals surface area contributed by atoms with Crippen LogP contribution in [0.3, 0.4) is 0 Å². The maximum atomic E-state index is 12.0. The van der Waals surface area contributed by atoms with Gasteiger partial charge in [-0.15, -0.1) is 0 Å². The molecule has 0 aromatic carbocycles. The minimum atomic E-state index is -0.224. The lowest BCUT2D eigenvalue weighted by Crippen LogP contribution is -2.58. The van der Waals surface area contributed by atoms with Crippen LogP contribution in [0, 0.1) is 0 Å². The Labute approximate surface area is 112 Å². The minimum Gasteiger partial charge on any atom is -0.356 e. The van der Waals surface area contributed by atoms with E-state index in [1.165, 1.54) is 0 Å². The van der Waals surface area contributed by atoms with Crippen molar-refractivity contribution in [3.63, 3.8) is 0 Å². The molecule has 1 aromatic rings. The van der Waals surface area contributed by atoms with Gasteiger partial charge in [0.25, 0.3) is 0 Å². The lowest BCUT2D eigenvalue weighted by Gasteiger charge is -2.37. The highest BCUT2D eigenvalue weighted by Crippen LogP contribution is 2.26. The predicted octanol–water partition coefficient (Wildman–Crippen LogP) is 0.649. The number of aromatic nitrogens is 1. The number of carbonyl (C=O) groups is 1. The van der Waals surface area contributed by atoms with Crippen molar-refractivity contribution in [2.75, 3.05) is 31.1 Å². The van der Waals surface area contributed by atoms with E-state index in [4.69, 9.17) is 11.6 Å². The van der Waals surface area contributed by atoms with Gasteiger partial charge in [-0.1, -0.05) is 11.6 Å². The molecule has 1 aliphatic heterocycles. The smallest absolute Gasteiger partial charge is 0.244 e. The van der Waals surface area contributed by atoms with Crippen molar-refractivity contribution in [2.45, 2.75) is 13.0 Å². The van der Waals surface area contributed by atoms with Crippen LogP contribution in [0.15, 0.2) is 18.5 Å². The van der Waals surface area contributed by atoms with Crippen LogP contribution in [-0.4, -0.2) is 43.1 Å². The Morgan fingerprint density at radius 1 is 1.72 bits per heavy atom. The molecule has 2 N–H and O–H groups in total. The molecule has 1 amide bonds. The zero-order chi connectivity index (χ0) is 13.0. The zero-order valence-corrected chi connectivity index (χ0v) is 11.1. The molecule has 98 valence electrons. The molecule has 0 bridgehead atoms. The quantitative estimate of drug-likeness (QED) is 0.845. The van der Waals surface area contributed by atoms with Gasteiger partial charge in [0, 0.05) is 38.6 Å². The fourth-order valence-corrected chi connectivity index (χ4v) is 2.35. The zero-order valence-electron chi connectivity index (χ0n) is 10.3. The number of amides is 1. The number of hydrogen-bond donors (Lipinski definition) is 2. The maximum Gasteiger partial charge on any atom is 0.244 e. The standard InChI is InChI=1S/C12H17ClN4O/c1-2-16-12(18)11-8-15-5-6-17(11)10-3-4-14-7-9(10)13/h3-4,7,11,15H,2,5-6,8H2,1H3,(H,16,18). The van der Waals surface area contributed by atoms with Gasteiger partial charge in [-0.3, -0.25) is 9.78 Å². The molecule has 5 nitrogen and oxygen atoms in total. The highest BCUT2D eigenvalue weighted by Gasteiger charge is 2.29. The molecule has 0 aliphatic carbocycles. The fourth-order valence-electron chi connectivity index (χ4n) is 2.12. The Balaban J connectivity index is 2.23. The van der Waals surface area contributed by atoms with Gasteiger partial charge in [-0.2, -0.15) is 0 Å². The molecule has 0 spiro atoms. The number of halogens is 1. The summed E-state index contributed by atoms with van der Waals surface area (Å²) in [5.41, 5.74) is 0.865. The van der Waals surface area contributed by atoms with Crippen molar-refractivity contribution in [3.8, 4) is 0 Å². The molecule has 0 saturated carbocycles. The average molecular weight is 269 g/mol. The monoisotopic (exact) mass is 268 g/mol. The first-order chi connectivity index (χ1) is 8.74. The normalized spacial score (nSPS) is 19.7. The second kappa shape index (κ2) is 6.02. The van der Waals surface area contributed by atoms with Crippen LogP contribution in [0.25, 0.3) is 0 Å². The van der Waals surface area contributed by atoms with E-state index in [0.717, 1.165) is 18.8 Å². The third kappa shape index (κ3) is 2.73. The van der Waals surface area contributed by atoms with Crippen molar-refractivity contribution in [2.24, 2.45) is 0 Å². The lowest BCUT2D eigenvalue weighted by molar-refractivity contribution is -0.122. The largest absolute Gasteiger partial charge is 0.356 e. The topological polar surface area (TPSA) is 57.3 Å². The van der Waals surface area contributed by atoms with Gasteiger partial charge in [-0.05, 0) is 13.0 Å². The van der Waals surface area contributed by atoms with E-state index in [0.29, 0.717) is 18.1 Å². The van der Waals surface area contributed by atoms with Gasteiger partial charge < -0.3 is 15.5 Å². The molecule has 1 atom stereocenters. The van der Waals surface area contributed by atoms with E-state index in [-0.39, 0.29) is 11.9 Å². The summed E-state index contributed by atoms with van der Waals surface area (Å²) < 4.78 is 0. The highest BCUT2D eigenvalue weighted by molar-refractivity contribution is 6.33. The number of nitrogens with zero attached hydrogens (tertiary/aromatic N) is 2. The summed E-state index contributed by atoms with van der Waals surface area (Å²) in [5, 5.41) is 6.66. The van der Waals surface area contributed by atoms with Crippen LogP contribution in [0.4, 0.5) is 5.69 Å². The van der Waals surface area contributed by atoms with Crippen LogP contribution in [-0.2, 0) is 4.79 Å². The third-order valence-corrected chi connectivity index (χ3v) is 3.25. The van der Waals surface area contributed by atoms with E-state index in [2.05, 4.69) is 15.6 Å². The van der Waals surface area contributed by atoms with E-state index in [1.54, 1.807) is 12.4 Å². The Hall–Kier alpha value is -1.33. The molecule has 1 fully saturated rings. The summed E-state index contributed by atoms with van der Waals surface area (Å²) in [7, 11) is 0. The number of rotatable bonds is 3. The van der Waals surface area contributed by atoms with Crippen LogP contribution < -0.4 is 15.5 Å². The first-order valence-electron chi connectivity index (χ1n) is 6.08. The van der Waals surface area contributed by atoms with Gasteiger partial charge in [-0.25, -0.2) is 0 Å². The van der Waals surface area contributed by atoms with Crippen molar-refractivity contribution in [3.05, 3.63) is 23.5 Å². The predicted molar refractivity (Wildman–Crippen MR) is 71.9 cm³/mol. The second-order valence-corrected chi connectivity index (χ2v) is 4.54. The van der Waals surface area contributed by atoms with Crippen molar-refractivity contribution in [1.29, 1.82) is 0 Å². The molecule has 1 aromatic heterocycles. The van der Waals surface area contributed by atoms with Crippen LogP contribution in [0.2, 0.25) is 5.02 Å². The van der Waals surface area contributed by atoms with E-state index >= 15 is 0 Å². The van der Waals surface area contributed by atoms with Gasteiger partial charge >= 0.3 is 0 Å². The Morgan fingerprint density at radius 3 is 3.28 bits per heavy atom. The number of nitrogens with one attached hydrogen (secondary N) is 2. The molecular formula is C12H17ClN4O. The average Bonchev–Trinajstić information content (AvgIpc) is 2.40. The van der Waals surface area contributed by atoms with Gasteiger partial charge in [0.15, 0.2) is 0 Å². The third-order valence-electron chi connectivity index (χ3n) is 2.96. The summed E-state index contributed by atoms with van der Waals surface area (Å²) in [6, 6.07) is 1.62. The molecule has 18 heavy (non-hydrogen) atoms. The van der Waals surface area contributed by atoms with E-state index in [9.17, 15) is 4.79 Å². The van der Waals surface area contributed by atoms with E-state index in [1.807, 2.05) is 17.9 Å². The first-order valence-corrected chi connectivity index (χ1v) is 6.46. The van der Waals surface area contributed by atoms with Gasteiger partial charge in [0.2, 0.25) is 5.91 Å². The minimum absolute atomic E-state index is 0.0255. The summed E-state index contributed by atoms with van der Waals surface area (Å²) >= 11 is 6.15. The molecule has 1 saturated heterocycles. The van der Waals surface area contributed by atoms with Crippen molar-refractivity contribution >= 4 is 23.2 Å². The number of likely N-dealkylation sites (N-methyl/N-ethyl adjacent to an activating group) is 1. The maximum absolute atomic E-state index is 12.0. The molecular weight excluding hydrogens is 252 g/mol. The SMILES string of the molecule is CCNC(=O)C1CNCCN1c1ccncc1Cl. The molecule has 1 unspecified atom stereocenters. The first kappa shape index (κ1) is 13.1. The molecule has 1 aliphatic rings. The number of anilines is 1. The Bertz CT molecular complexity index is 426. The molecule has 2 heterocycles. The Kier molecular flexibility index (Phi) is 4.38. The number of hydrogen-bond acceptors (Lipinski definition) is 4. The summed E-state index contributed by atoms with van der Waals surface area (Å²) in [5.74, 6) is 0.0255. The van der Waals surface area contributed by atoms with Gasteiger partial charge in [0.1, 0.15) is 6.04 Å². The second-order valence-electron chi connectivity index (χ2n) is 4.13. The van der Waals surface area contributed by atoms with Crippen molar-refractivity contribution in [1.82, 2.24) is 15.6 Å². The van der Waals surface area contributed by atoms with E-state index < -0.39 is 0 Å². The molecule has 2 rings (SSSR count). The Morgan fingerprint density at radius 2 is 2.56 bits per heavy atom. The van der Waals surface area contributed by atoms with Crippen LogP contribution in [0.5, 0.6) is 0 Å². The van der Waals surface area contributed by atoms with Crippen LogP contribution in [0.1, 0.15) is 6.92 Å². The lowest BCUT2D eigenvalue weighted by atomic mass is 10.1. The number of pyridine rings is 1. The number of carbonyl (C=O) groups excluding carboxylic acids is 1. The highest BCUT2D eigenvalue weighted by atomic mass is 35.5. The molecule has 0 radical (unpaired) electrons. The van der Waals surface area contributed by atoms with Gasteiger partial charge in [0.05, 0.1) is 10.7 Å². The molecule has 6 heteroatoms. The van der Waals surface area contributed by atoms with Crippen LogP contribution >= 0.6 is 11.6 Å².